The van der Waals surface area contributed by atoms with Crippen molar-refractivity contribution in [1.82, 2.24) is 14.3 Å². The Bertz CT molecular complexity index is 1310. The molecule has 0 aromatic heterocycles. The highest BCUT2D eigenvalue weighted by atomic mass is 16.6. The number of nitro groups is 1. The lowest BCUT2D eigenvalue weighted by Crippen LogP contribution is -2.15. The fourth-order valence-electron chi connectivity index (χ4n) is 3.29. The third-order valence-corrected chi connectivity index (χ3v) is 4.74. The molecule has 2 aromatic rings. The number of hydrogen-bond donors (Lipinski definition) is 0. The second kappa shape index (κ2) is 7.28. The smallest absolute Gasteiger partial charge is 0.341 e. The summed E-state index contributed by atoms with van der Waals surface area (Å²) < 4.78 is 7.68. The summed E-state index contributed by atoms with van der Waals surface area (Å²) in [6, 6.07) is 13.2. The third kappa shape index (κ3) is 3.12. The largest absolute Gasteiger partial charge is 0.465 e. The first kappa shape index (κ1) is 19.1. The summed E-state index contributed by atoms with van der Waals surface area (Å²) in [7, 11) is 1.24. The summed E-state index contributed by atoms with van der Waals surface area (Å²) in [6.07, 6.45) is 3.06. The number of aromatic nitrogens is 3. The van der Waals surface area contributed by atoms with E-state index in [0.29, 0.717) is 16.9 Å². The molecule has 0 spiro atoms. The van der Waals surface area contributed by atoms with Crippen LogP contribution in [0.4, 0.5) is 5.69 Å². The standard InChI is InChI=1S/C21H16N4O5/c1-13-10-15(25(28)29)8-9-18(13)23-11-16-19(17(12-23)21(27)30-2)22-24(20(16)26)14-6-4-3-5-7-14/h3-12H,1-2H3. The summed E-state index contributed by atoms with van der Waals surface area (Å²) in [5.41, 5.74) is 1.85. The van der Waals surface area contributed by atoms with Crippen molar-refractivity contribution in [3.05, 3.63) is 92.5 Å². The van der Waals surface area contributed by atoms with E-state index in [-0.39, 0.29) is 22.5 Å². The highest BCUT2D eigenvalue weighted by Gasteiger charge is 2.25. The first-order chi connectivity index (χ1) is 14.4. The van der Waals surface area contributed by atoms with Gasteiger partial charge in [0.05, 0.1) is 23.3 Å². The molecule has 4 rings (SSSR count). The zero-order valence-electron chi connectivity index (χ0n) is 16.1. The molecule has 30 heavy (non-hydrogen) atoms. The van der Waals surface area contributed by atoms with Gasteiger partial charge in [-0.3, -0.25) is 14.9 Å². The second-order valence-electron chi connectivity index (χ2n) is 6.61. The minimum atomic E-state index is -0.647. The molecule has 0 aliphatic carbocycles. The lowest BCUT2D eigenvalue weighted by Gasteiger charge is -2.13. The number of pyridine rings is 1. The van der Waals surface area contributed by atoms with Crippen LogP contribution < -0.4 is 5.56 Å². The van der Waals surface area contributed by atoms with Crippen molar-refractivity contribution in [2.75, 3.05) is 7.11 Å². The lowest BCUT2D eigenvalue weighted by molar-refractivity contribution is -0.384. The average Bonchev–Trinajstić information content (AvgIpc) is 3.09. The zero-order valence-corrected chi connectivity index (χ0v) is 16.1. The monoisotopic (exact) mass is 404 g/mol. The quantitative estimate of drug-likeness (QED) is 0.294. The van der Waals surface area contributed by atoms with Gasteiger partial charge in [0.15, 0.2) is 0 Å². The Hall–Kier alpha value is -4.27. The molecule has 0 saturated carbocycles. The minimum absolute atomic E-state index is 0.0486. The highest BCUT2D eigenvalue weighted by molar-refractivity contribution is 5.96. The van der Waals surface area contributed by atoms with Gasteiger partial charge in [-0.15, -0.1) is 0 Å². The van der Waals surface area contributed by atoms with E-state index in [1.807, 2.05) is 6.07 Å². The number of ether oxygens (including phenoxy) is 1. The van der Waals surface area contributed by atoms with Crippen molar-refractivity contribution in [1.29, 1.82) is 0 Å². The molecular formula is C21H16N4O5. The van der Waals surface area contributed by atoms with Crippen LogP contribution >= 0.6 is 0 Å². The van der Waals surface area contributed by atoms with Gasteiger partial charge in [0.2, 0.25) is 0 Å². The van der Waals surface area contributed by atoms with Crippen LogP contribution in [0.15, 0.2) is 65.7 Å². The molecule has 0 saturated heterocycles. The van der Waals surface area contributed by atoms with Crippen LogP contribution in [0.25, 0.3) is 22.6 Å². The van der Waals surface area contributed by atoms with Crippen LogP contribution in [0, 0.1) is 17.0 Å². The number of para-hydroxylation sites is 1. The SMILES string of the molecule is COC(=O)c1cn(-c2ccc([N+](=O)[O-])cc2C)cc2c(=O)n(-c3ccccc3)nc1-2. The number of benzene rings is 2. The number of hydrogen-bond acceptors (Lipinski definition) is 6. The van der Waals surface area contributed by atoms with Crippen molar-refractivity contribution in [3.8, 4) is 22.6 Å². The first-order valence-corrected chi connectivity index (χ1v) is 8.95. The van der Waals surface area contributed by atoms with Crippen LogP contribution in [-0.4, -0.2) is 32.3 Å². The molecule has 0 N–H and O–H groups in total. The zero-order chi connectivity index (χ0) is 21.4. The van der Waals surface area contributed by atoms with Crippen LogP contribution in [0.3, 0.4) is 0 Å². The van der Waals surface area contributed by atoms with Crippen molar-refractivity contribution in [3.63, 3.8) is 0 Å². The number of nitrogens with zero attached hydrogens (tertiary/aromatic N) is 4. The van der Waals surface area contributed by atoms with Gasteiger partial charge in [-0.25, -0.2) is 4.79 Å². The van der Waals surface area contributed by atoms with Crippen molar-refractivity contribution < 1.29 is 14.5 Å². The Kier molecular flexibility index (Phi) is 4.63. The maximum absolute atomic E-state index is 13.0. The fourth-order valence-corrected chi connectivity index (χ4v) is 3.29. The normalized spacial score (nSPS) is 10.9. The molecule has 0 bridgehead atoms. The minimum Gasteiger partial charge on any atom is -0.465 e. The second-order valence-corrected chi connectivity index (χ2v) is 6.61. The van der Waals surface area contributed by atoms with Gasteiger partial charge < -0.3 is 9.30 Å². The van der Waals surface area contributed by atoms with Gasteiger partial charge in [-0.1, -0.05) is 18.2 Å². The Morgan fingerprint density at radius 2 is 1.87 bits per heavy atom. The van der Waals surface area contributed by atoms with Crippen molar-refractivity contribution in [2.45, 2.75) is 6.92 Å². The van der Waals surface area contributed by atoms with Gasteiger partial charge in [-0.2, -0.15) is 9.78 Å². The van der Waals surface area contributed by atoms with E-state index in [1.54, 1.807) is 48.0 Å². The number of carbonyl (C=O) groups is 1. The summed E-state index contributed by atoms with van der Waals surface area (Å²) in [5.74, 6) is -0.647. The Morgan fingerprint density at radius 1 is 1.13 bits per heavy atom. The number of aryl methyl sites for hydroxylation is 1. The number of non-ortho nitro benzene ring substituents is 1. The van der Waals surface area contributed by atoms with Gasteiger partial charge in [-0.05, 0) is 30.7 Å². The molecule has 0 unspecified atom stereocenters. The number of carbonyl (C=O) groups excluding carboxylic acids is 1. The molecule has 2 aliphatic rings. The first-order valence-electron chi connectivity index (χ1n) is 8.95. The van der Waals surface area contributed by atoms with Crippen LogP contribution in [0.2, 0.25) is 0 Å². The molecule has 2 aromatic carbocycles. The molecule has 0 amide bonds. The Labute approximate surface area is 170 Å². The predicted molar refractivity (Wildman–Crippen MR) is 109 cm³/mol. The highest BCUT2D eigenvalue weighted by Crippen LogP contribution is 2.27. The molecule has 0 fully saturated rings. The van der Waals surface area contributed by atoms with Crippen molar-refractivity contribution >= 4 is 11.7 Å². The summed E-state index contributed by atoms with van der Waals surface area (Å²) in [6.45, 7) is 1.71. The summed E-state index contributed by atoms with van der Waals surface area (Å²) in [4.78, 5) is 36.0. The van der Waals surface area contributed by atoms with E-state index in [4.69, 9.17) is 4.74 Å². The maximum atomic E-state index is 13.0. The van der Waals surface area contributed by atoms with Gasteiger partial charge in [0.1, 0.15) is 11.3 Å². The predicted octanol–water partition coefficient (Wildman–Crippen LogP) is 3.13. The molecule has 2 heterocycles. The van der Waals surface area contributed by atoms with Crippen LogP contribution in [-0.2, 0) is 4.74 Å². The van der Waals surface area contributed by atoms with E-state index in [1.165, 1.54) is 30.1 Å². The number of nitro benzene ring substituents is 1. The number of rotatable bonds is 4. The Balaban J connectivity index is 1.98. The van der Waals surface area contributed by atoms with Crippen LogP contribution in [0.5, 0.6) is 0 Å². The number of fused-ring (bicyclic) bond motifs is 1. The van der Waals surface area contributed by atoms with Crippen LogP contribution in [0.1, 0.15) is 15.9 Å². The number of esters is 1. The molecular weight excluding hydrogens is 388 g/mol. The maximum Gasteiger partial charge on any atom is 0.341 e. The number of methoxy groups -OCH3 is 1. The molecule has 150 valence electrons. The molecule has 9 nitrogen and oxygen atoms in total. The third-order valence-electron chi connectivity index (χ3n) is 4.74. The van der Waals surface area contributed by atoms with E-state index in [0.717, 1.165) is 0 Å². The molecule has 0 atom stereocenters. The van der Waals surface area contributed by atoms with E-state index in [2.05, 4.69) is 5.10 Å². The van der Waals surface area contributed by atoms with E-state index in [9.17, 15) is 19.7 Å². The van der Waals surface area contributed by atoms with Gasteiger partial charge in [0.25, 0.3) is 11.2 Å². The molecule has 2 aliphatic heterocycles. The summed E-state index contributed by atoms with van der Waals surface area (Å²) >= 11 is 0. The fraction of sp³-hybridized carbons (Fsp3) is 0.0952. The Morgan fingerprint density at radius 3 is 2.50 bits per heavy atom. The summed E-state index contributed by atoms with van der Waals surface area (Å²) in [5, 5.41) is 15.4. The van der Waals surface area contributed by atoms with E-state index >= 15 is 0 Å². The lowest BCUT2D eigenvalue weighted by atomic mass is 10.1. The molecule has 0 radical (unpaired) electrons. The molecule has 9 heteroatoms. The average molecular weight is 404 g/mol. The topological polar surface area (TPSA) is 109 Å². The van der Waals surface area contributed by atoms with E-state index < -0.39 is 16.5 Å². The van der Waals surface area contributed by atoms with Gasteiger partial charge >= 0.3 is 5.97 Å². The van der Waals surface area contributed by atoms with Gasteiger partial charge in [0, 0.05) is 30.2 Å². The van der Waals surface area contributed by atoms with Crippen molar-refractivity contribution in [2.24, 2.45) is 0 Å².